The van der Waals surface area contributed by atoms with Crippen LogP contribution in [-0.4, -0.2) is 34.2 Å². The zero-order valence-corrected chi connectivity index (χ0v) is 15.5. The van der Waals surface area contributed by atoms with Crippen LogP contribution < -0.4 is 5.32 Å². The highest BCUT2D eigenvalue weighted by Crippen LogP contribution is 2.07. The van der Waals surface area contributed by atoms with E-state index in [9.17, 15) is 4.79 Å². The Morgan fingerprint density at radius 2 is 1.69 bits per heavy atom. The fraction of sp³-hybridized carbons (Fsp3) is 0.238. The summed E-state index contributed by atoms with van der Waals surface area (Å²) in [6.45, 7) is 1.45. The smallest absolute Gasteiger partial charge is 0.250 e. The molecule has 2 aromatic carbocycles. The minimum atomic E-state index is -0.251. The molecule has 0 aromatic heterocycles. The van der Waals surface area contributed by atoms with Gasteiger partial charge in [-0.1, -0.05) is 60.7 Å². The Labute approximate surface area is 160 Å². The third-order valence-electron chi connectivity index (χ3n) is 3.80. The lowest BCUT2D eigenvalue weighted by atomic mass is 10.2. The second kappa shape index (κ2) is 11.2. The van der Waals surface area contributed by atoms with Crippen molar-refractivity contribution in [1.29, 1.82) is 0 Å². The van der Waals surface area contributed by atoms with Gasteiger partial charge in [0, 0.05) is 25.8 Å². The van der Waals surface area contributed by atoms with E-state index in [2.05, 4.69) is 5.32 Å². The van der Waals surface area contributed by atoms with Gasteiger partial charge in [0.15, 0.2) is 5.11 Å². The van der Waals surface area contributed by atoms with Gasteiger partial charge in [-0.15, -0.1) is 0 Å². The molecule has 0 saturated carbocycles. The van der Waals surface area contributed by atoms with Crippen LogP contribution in [0.4, 0.5) is 0 Å². The fourth-order valence-electron chi connectivity index (χ4n) is 2.43. The molecule has 0 heterocycles. The van der Waals surface area contributed by atoms with Crippen LogP contribution in [0.1, 0.15) is 24.0 Å². The van der Waals surface area contributed by atoms with E-state index in [4.69, 9.17) is 17.3 Å². The third-order valence-corrected chi connectivity index (χ3v) is 4.16. The van der Waals surface area contributed by atoms with E-state index in [0.29, 0.717) is 24.6 Å². The molecule has 0 atom stereocenters. The minimum absolute atomic E-state index is 0.151. The molecular weight excluding hydrogens is 344 g/mol. The van der Waals surface area contributed by atoms with Crippen molar-refractivity contribution in [3.8, 4) is 0 Å². The topological polar surface area (TPSA) is 52.6 Å². The average Bonchev–Trinajstić information content (AvgIpc) is 2.67. The zero-order chi connectivity index (χ0) is 18.6. The Kier molecular flexibility index (Phi) is 8.52. The summed E-state index contributed by atoms with van der Waals surface area (Å²) in [6, 6.07) is 19.6. The summed E-state index contributed by atoms with van der Waals surface area (Å²) in [5, 5.41) is 12.2. The maximum Gasteiger partial charge on any atom is 0.250 e. The van der Waals surface area contributed by atoms with E-state index in [1.807, 2.05) is 65.6 Å². The van der Waals surface area contributed by atoms with E-state index in [1.54, 1.807) is 6.08 Å². The number of thiocarbonyl (C=S) groups is 1. The van der Waals surface area contributed by atoms with E-state index < -0.39 is 0 Å². The first-order valence-corrected chi connectivity index (χ1v) is 9.07. The number of carbonyl (C=O) groups is 1. The van der Waals surface area contributed by atoms with Crippen LogP contribution in [0.5, 0.6) is 0 Å². The van der Waals surface area contributed by atoms with Gasteiger partial charge in [0.2, 0.25) is 5.91 Å². The maximum absolute atomic E-state index is 12.2. The van der Waals surface area contributed by atoms with Gasteiger partial charge >= 0.3 is 0 Å². The first-order chi connectivity index (χ1) is 12.7. The van der Waals surface area contributed by atoms with Crippen LogP contribution in [0.2, 0.25) is 0 Å². The minimum Gasteiger partial charge on any atom is -0.396 e. The lowest BCUT2D eigenvalue weighted by molar-refractivity contribution is -0.115. The molecule has 0 unspecified atom stereocenters. The molecule has 136 valence electrons. The summed E-state index contributed by atoms with van der Waals surface area (Å²) in [6.07, 6.45) is 4.75. The van der Waals surface area contributed by atoms with Crippen molar-refractivity contribution in [2.24, 2.45) is 0 Å². The lowest BCUT2D eigenvalue weighted by Crippen LogP contribution is -2.42. The number of aliphatic hydroxyl groups is 1. The standard InChI is InChI=1S/C21H24N2O2S/c24-16-8-7-15-23(17-19-11-5-2-6-12-19)21(26)22-20(25)14-13-18-9-3-1-4-10-18/h1-6,9-14,24H,7-8,15-17H2,(H,22,25,26)/b14-13+. The van der Waals surface area contributed by atoms with Crippen LogP contribution in [0.3, 0.4) is 0 Å². The zero-order valence-electron chi connectivity index (χ0n) is 14.7. The van der Waals surface area contributed by atoms with Gasteiger partial charge in [0.05, 0.1) is 0 Å². The van der Waals surface area contributed by atoms with Crippen molar-refractivity contribution >= 4 is 29.3 Å². The van der Waals surface area contributed by atoms with Gasteiger partial charge in [-0.05, 0) is 42.3 Å². The number of amides is 1. The molecule has 0 spiro atoms. The van der Waals surface area contributed by atoms with Gasteiger partial charge in [0.1, 0.15) is 0 Å². The molecule has 2 rings (SSSR count). The first-order valence-electron chi connectivity index (χ1n) is 8.67. The SMILES string of the molecule is O=C(/C=C/c1ccccc1)NC(=S)N(CCCCO)Cc1ccccc1. The van der Waals surface area contributed by atoms with Gasteiger partial charge in [0.25, 0.3) is 0 Å². The number of hydrogen-bond acceptors (Lipinski definition) is 3. The monoisotopic (exact) mass is 368 g/mol. The number of nitrogens with zero attached hydrogens (tertiary/aromatic N) is 1. The van der Waals surface area contributed by atoms with Crippen molar-refractivity contribution in [2.75, 3.05) is 13.2 Å². The van der Waals surface area contributed by atoms with Crippen LogP contribution >= 0.6 is 12.2 Å². The van der Waals surface area contributed by atoms with Crippen LogP contribution in [-0.2, 0) is 11.3 Å². The number of benzene rings is 2. The quantitative estimate of drug-likeness (QED) is 0.426. The molecule has 2 N–H and O–H groups in total. The normalized spacial score (nSPS) is 10.7. The highest BCUT2D eigenvalue weighted by atomic mass is 32.1. The second-order valence-electron chi connectivity index (χ2n) is 5.88. The Morgan fingerprint density at radius 1 is 1.04 bits per heavy atom. The lowest BCUT2D eigenvalue weighted by Gasteiger charge is -2.25. The predicted octanol–water partition coefficient (Wildman–Crippen LogP) is 3.38. The van der Waals surface area contributed by atoms with Crippen LogP contribution in [0.15, 0.2) is 66.7 Å². The molecule has 0 aliphatic heterocycles. The average molecular weight is 369 g/mol. The molecule has 26 heavy (non-hydrogen) atoms. The number of carbonyl (C=O) groups excluding carboxylic acids is 1. The number of unbranched alkanes of at least 4 members (excludes halogenated alkanes) is 1. The van der Waals surface area contributed by atoms with Crippen LogP contribution in [0, 0.1) is 0 Å². The molecular formula is C21H24N2O2S. The highest BCUT2D eigenvalue weighted by Gasteiger charge is 2.12. The van der Waals surface area contributed by atoms with Crippen LogP contribution in [0.25, 0.3) is 6.08 Å². The summed E-state index contributed by atoms with van der Waals surface area (Å²) in [7, 11) is 0. The molecule has 0 bridgehead atoms. The van der Waals surface area contributed by atoms with E-state index >= 15 is 0 Å². The largest absolute Gasteiger partial charge is 0.396 e. The number of rotatable bonds is 8. The van der Waals surface area contributed by atoms with E-state index in [-0.39, 0.29) is 12.5 Å². The summed E-state index contributed by atoms with van der Waals surface area (Å²) >= 11 is 5.43. The number of nitrogens with one attached hydrogen (secondary N) is 1. The van der Waals surface area contributed by atoms with E-state index in [1.165, 1.54) is 6.08 Å². The van der Waals surface area contributed by atoms with Crippen molar-refractivity contribution in [3.05, 3.63) is 77.9 Å². The van der Waals surface area contributed by atoms with Gasteiger partial charge in [-0.25, -0.2) is 0 Å². The molecule has 4 nitrogen and oxygen atoms in total. The van der Waals surface area contributed by atoms with Crippen molar-refractivity contribution in [2.45, 2.75) is 19.4 Å². The highest BCUT2D eigenvalue weighted by molar-refractivity contribution is 7.80. The Hall–Kier alpha value is -2.50. The summed E-state index contributed by atoms with van der Waals surface area (Å²) in [5.41, 5.74) is 2.07. The maximum atomic E-state index is 12.2. The molecule has 0 aliphatic rings. The fourth-order valence-corrected chi connectivity index (χ4v) is 2.69. The Bertz CT molecular complexity index is 717. The van der Waals surface area contributed by atoms with Gasteiger partial charge in [-0.2, -0.15) is 0 Å². The Balaban J connectivity index is 1.95. The van der Waals surface area contributed by atoms with Crippen molar-refractivity contribution in [3.63, 3.8) is 0 Å². The van der Waals surface area contributed by atoms with Gasteiger partial charge in [-0.3, -0.25) is 10.1 Å². The first kappa shape index (κ1) is 19.8. The van der Waals surface area contributed by atoms with E-state index in [0.717, 1.165) is 17.5 Å². The molecule has 0 aliphatic carbocycles. The number of hydrogen-bond donors (Lipinski definition) is 2. The third kappa shape index (κ3) is 7.17. The number of aliphatic hydroxyl groups excluding tert-OH is 1. The summed E-state index contributed by atoms with van der Waals surface area (Å²) in [4.78, 5) is 14.1. The molecule has 1 amide bonds. The van der Waals surface area contributed by atoms with Crippen molar-refractivity contribution < 1.29 is 9.90 Å². The second-order valence-corrected chi connectivity index (χ2v) is 6.26. The summed E-state index contributed by atoms with van der Waals surface area (Å²) < 4.78 is 0. The van der Waals surface area contributed by atoms with Crippen molar-refractivity contribution in [1.82, 2.24) is 10.2 Å². The molecule has 2 aromatic rings. The Morgan fingerprint density at radius 3 is 2.35 bits per heavy atom. The van der Waals surface area contributed by atoms with Gasteiger partial charge < -0.3 is 10.0 Å². The molecule has 0 saturated heterocycles. The molecule has 0 radical (unpaired) electrons. The summed E-state index contributed by atoms with van der Waals surface area (Å²) in [5.74, 6) is -0.251. The molecule has 5 heteroatoms. The molecule has 0 fully saturated rings. The predicted molar refractivity (Wildman–Crippen MR) is 109 cm³/mol.